The van der Waals surface area contributed by atoms with Crippen LogP contribution >= 0.6 is 0 Å². The van der Waals surface area contributed by atoms with E-state index in [0.29, 0.717) is 0 Å². The highest BCUT2D eigenvalue weighted by atomic mass is 16.5. The number of carbonyl (C=O) groups excluding carboxylic acids is 1. The first kappa shape index (κ1) is 13.4. The van der Waals surface area contributed by atoms with Gasteiger partial charge in [-0.05, 0) is 12.1 Å². The molecule has 15 heavy (non-hydrogen) atoms. The van der Waals surface area contributed by atoms with Crippen LogP contribution in [0.4, 0.5) is 0 Å². The number of rotatable bonds is 2. The quantitative estimate of drug-likeness (QED) is 0.610. The molecule has 0 heterocycles. The predicted molar refractivity (Wildman–Crippen MR) is 53.6 cm³/mol. The van der Waals surface area contributed by atoms with E-state index in [-0.39, 0.29) is 24.5 Å². The fourth-order valence-corrected chi connectivity index (χ4v) is 0.756. The number of phenolic OH excluding ortho intramolecular Hbond substituents is 1. The molecule has 0 unspecified atom stereocenters. The molecule has 0 fully saturated rings. The van der Waals surface area contributed by atoms with E-state index in [1.807, 2.05) is 0 Å². The Bertz CT molecular complexity index is 296. The van der Waals surface area contributed by atoms with Gasteiger partial charge in [-0.2, -0.15) is 0 Å². The summed E-state index contributed by atoms with van der Waals surface area (Å²) in [7, 11) is 1.27. The summed E-state index contributed by atoms with van der Waals surface area (Å²) in [5.41, 5.74) is 0.190. The zero-order valence-electron chi connectivity index (χ0n) is 8.38. The summed E-state index contributed by atoms with van der Waals surface area (Å²) < 4.78 is 4.42. The summed E-state index contributed by atoms with van der Waals surface area (Å²) in [5, 5.41) is 24.4. The van der Waals surface area contributed by atoms with Crippen LogP contribution in [0.3, 0.4) is 0 Å². The molecule has 1 aromatic rings. The molecule has 0 atom stereocenters. The van der Waals surface area contributed by atoms with E-state index in [1.54, 1.807) is 12.1 Å². The van der Waals surface area contributed by atoms with Crippen molar-refractivity contribution in [1.29, 1.82) is 0 Å². The first-order valence-electron chi connectivity index (χ1n) is 4.25. The molecule has 1 rings (SSSR count). The SMILES string of the molecule is COC(=O)c1ccccc1O.OCCO. The topological polar surface area (TPSA) is 87.0 Å². The van der Waals surface area contributed by atoms with Gasteiger partial charge in [0.25, 0.3) is 0 Å². The minimum atomic E-state index is -0.525. The van der Waals surface area contributed by atoms with Crippen molar-refractivity contribution >= 4 is 5.97 Å². The van der Waals surface area contributed by atoms with Crippen molar-refractivity contribution in [3.05, 3.63) is 29.8 Å². The van der Waals surface area contributed by atoms with Crippen molar-refractivity contribution in [3.8, 4) is 5.75 Å². The summed E-state index contributed by atoms with van der Waals surface area (Å²) in [5.74, 6) is -0.581. The Kier molecular flexibility index (Phi) is 6.96. The third-order valence-electron chi connectivity index (χ3n) is 1.41. The van der Waals surface area contributed by atoms with Crippen LogP contribution < -0.4 is 0 Å². The van der Waals surface area contributed by atoms with Gasteiger partial charge < -0.3 is 20.1 Å². The molecule has 0 aliphatic heterocycles. The lowest BCUT2D eigenvalue weighted by Crippen LogP contribution is -2.00. The number of para-hydroxylation sites is 1. The first-order valence-corrected chi connectivity index (χ1v) is 4.25. The van der Waals surface area contributed by atoms with Crippen molar-refractivity contribution in [3.63, 3.8) is 0 Å². The Hall–Kier alpha value is -1.59. The average Bonchev–Trinajstić information content (AvgIpc) is 2.29. The number of hydrogen-bond donors (Lipinski definition) is 3. The number of carbonyl (C=O) groups is 1. The van der Waals surface area contributed by atoms with Crippen LogP contribution in [0.5, 0.6) is 5.75 Å². The number of methoxy groups -OCH3 is 1. The minimum absolute atomic E-state index is 0.0562. The molecular formula is C10H14O5. The second-order valence-corrected chi connectivity index (χ2v) is 2.46. The van der Waals surface area contributed by atoms with Gasteiger partial charge in [-0.1, -0.05) is 12.1 Å². The molecule has 0 aliphatic rings. The van der Waals surface area contributed by atoms with Gasteiger partial charge in [0.05, 0.1) is 20.3 Å². The standard InChI is InChI=1S/C8H8O3.C2H6O2/c1-11-8(10)6-4-2-3-5-7(6)9;3-1-2-4/h2-5,9H,1H3;3-4H,1-2H2. The van der Waals surface area contributed by atoms with E-state index in [9.17, 15) is 4.79 Å². The van der Waals surface area contributed by atoms with Gasteiger partial charge in [0.1, 0.15) is 11.3 Å². The molecule has 84 valence electrons. The van der Waals surface area contributed by atoms with Gasteiger partial charge >= 0.3 is 5.97 Å². The molecule has 0 spiro atoms. The molecular weight excluding hydrogens is 200 g/mol. The lowest BCUT2D eigenvalue weighted by atomic mass is 10.2. The molecule has 0 bridgehead atoms. The zero-order valence-corrected chi connectivity index (χ0v) is 8.38. The molecule has 0 saturated carbocycles. The maximum atomic E-state index is 10.9. The summed E-state index contributed by atoms with van der Waals surface area (Å²) in [4.78, 5) is 10.9. The van der Waals surface area contributed by atoms with Crippen LogP contribution in [0, 0.1) is 0 Å². The van der Waals surface area contributed by atoms with E-state index < -0.39 is 5.97 Å². The molecule has 1 aromatic carbocycles. The van der Waals surface area contributed by atoms with Crippen molar-refractivity contribution in [2.24, 2.45) is 0 Å². The number of esters is 1. The highest BCUT2D eigenvalue weighted by Crippen LogP contribution is 2.15. The van der Waals surface area contributed by atoms with Crippen LogP contribution in [0.15, 0.2) is 24.3 Å². The predicted octanol–water partition coefficient (Wildman–Crippen LogP) is 0.150. The van der Waals surface area contributed by atoms with Gasteiger partial charge in [-0.25, -0.2) is 4.79 Å². The number of aliphatic hydroxyl groups is 2. The maximum absolute atomic E-state index is 10.9. The summed E-state index contributed by atoms with van der Waals surface area (Å²) in [6, 6.07) is 6.24. The lowest BCUT2D eigenvalue weighted by Gasteiger charge is -1.99. The Labute approximate surface area is 87.6 Å². The van der Waals surface area contributed by atoms with E-state index in [1.165, 1.54) is 19.2 Å². The number of ether oxygens (including phenoxy) is 1. The van der Waals surface area contributed by atoms with E-state index in [4.69, 9.17) is 15.3 Å². The first-order chi connectivity index (χ1) is 7.17. The van der Waals surface area contributed by atoms with E-state index >= 15 is 0 Å². The largest absolute Gasteiger partial charge is 0.507 e. The zero-order chi connectivity index (χ0) is 11.7. The van der Waals surface area contributed by atoms with E-state index in [0.717, 1.165) is 0 Å². The maximum Gasteiger partial charge on any atom is 0.341 e. The molecule has 0 aliphatic carbocycles. The van der Waals surface area contributed by atoms with Crippen LogP contribution in [0.2, 0.25) is 0 Å². The normalized spacial score (nSPS) is 8.73. The van der Waals surface area contributed by atoms with E-state index in [2.05, 4.69) is 4.74 Å². The van der Waals surface area contributed by atoms with Crippen molar-refractivity contribution in [1.82, 2.24) is 0 Å². The number of phenols is 1. The van der Waals surface area contributed by atoms with Crippen LogP contribution in [-0.2, 0) is 4.74 Å². The lowest BCUT2D eigenvalue weighted by molar-refractivity contribution is 0.0597. The van der Waals surface area contributed by atoms with Gasteiger partial charge in [0.15, 0.2) is 0 Å². The minimum Gasteiger partial charge on any atom is -0.507 e. The van der Waals surface area contributed by atoms with Crippen LogP contribution in [0.1, 0.15) is 10.4 Å². The van der Waals surface area contributed by atoms with Crippen LogP contribution in [-0.4, -0.2) is 41.6 Å². The van der Waals surface area contributed by atoms with Crippen LogP contribution in [0.25, 0.3) is 0 Å². The third-order valence-corrected chi connectivity index (χ3v) is 1.41. The van der Waals surface area contributed by atoms with Gasteiger partial charge in [0.2, 0.25) is 0 Å². The number of aromatic hydroxyl groups is 1. The average molecular weight is 214 g/mol. The highest BCUT2D eigenvalue weighted by molar-refractivity contribution is 5.92. The second kappa shape index (κ2) is 7.78. The number of hydrogen-bond acceptors (Lipinski definition) is 5. The number of benzene rings is 1. The van der Waals surface area contributed by atoms with Gasteiger partial charge in [-0.3, -0.25) is 0 Å². The monoisotopic (exact) mass is 214 g/mol. The summed E-state index contributed by atoms with van der Waals surface area (Å²) in [6.07, 6.45) is 0. The molecule has 0 aromatic heterocycles. The van der Waals surface area contributed by atoms with Crippen molar-refractivity contribution < 1.29 is 24.9 Å². The van der Waals surface area contributed by atoms with Crippen molar-refractivity contribution in [2.75, 3.05) is 20.3 Å². The summed E-state index contributed by atoms with van der Waals surface area (Å²) in [6.45, 7) is -0.250. The molecule has 0 saturated heterocycles. The smallest absolute Gasteiger partial charge is 0.341 e. The Morgan fingerprint density at radius 1 is 1.27 bits per heavy atom. The fourth-order valence-electron chi connectivity index (χ4n) is 0.756. The summed E-state index contributed by atoms with van der Waals surface area (Å²) >= 11 is 0. The fraction of sp³-hybridized carbons (Fsp3) is 0.300. The Morgan fingerprint density at radius 2 is 1.80 bits per heavy atom. The molecule has 5 nitrogen and oxygen atoms in total. The van der Waals surface area contributed by atoms with Crippen molar-refractivity contribution in [2.45, 2.75) is 0 Å². The molecule has 0 amide bonds. The molecule has 0 radical (unpaired) electrons. The molecule has 3 N–H and O–H groups in total. The highest BCUT2D eigenvalue weighted by Gasteiger charge is 2.08. The van der Waals surface area contributed by atoms with Gasteiger partial charge in [0, 0.05) is 0 Å². The van der Waals surface area contributed by atoms with Gasteiger partial charge in [-0.15, -0.1) is 0 Å². The number of aliphatic hydroxyl groups excluding tert-OH is 2. The third kappa shape index (κ3) is 4.99. The molecule has 5 heteroatoms. The Morgan fingerprint density at radius 3 is 2.20 bits per heavy atom. The second-order valence-electron chi connectivity index (χ2n) is 2.46. The Balaban J connectivity index is 0.000000423.